The standard InChI is InChI=1S/C19H26N2O2/c1-14(2)15-3-5-16(6-4-15)18(22)13-20-9-11-21(12-10-20)19(23)17-7-8-17/h3-6,14,17H,7-13H2,1-2H3. The monoisotopic (exact) mass is 314 g/mol. The predicted molar refractivity (Wildman–Crippen MR) is 90.6 cm³/mol. The molecule has 0 unspecified atom stereocenters. The number of hydrogen-bond acceptors (Lipinski definition) is 3. The topological polar surface area (TPSA) is 40.6 Å². The van der Waals surface area contributed by atoms with Crippen LogP contribution >= 0.6 is 0 Å². The molecule has 2 aliphatic rings. The third kappa shape index (κ3) is 3.99. The second-order valence-electron chi connectivity index (χ2n) is 7.08. The quantitative estimate of drug-likeness (QED) is 0.784. The first-order valence-corrected chi connectivity index (χ1v) is 8.69. The van der Waals surface area contributed by atoms with Crippen LogP contribution in [0, 0.1) is 5.92 Å². The van der Waals surface area contributed by atoms with Gasteiger partial charge in [0.1, 0.15) is 0 Å². The van der Waals surface area contributed by atoms with Gasteiger partial charge in [-0.25, -0.2) is 0 Å². The van der Waals surface area contributed by atoms with Crippen LogP contribution in [0.25, 0.3) is 0 Å². The fraction of sp³-hybridized carbons (Fsp3) is 0.579. The normalized spacial score (nSPS) is 19.2. The van der Waals surface area contributed by atoms with Crippen molar-refractivity contribution in [1.29, 1.82) is 0 Å². The lowest BCUT2D eigenvalue weighted by atomic mass is 10.0. The Bertz CT molecular complexity index is 568. The number of amides is 1. The third-order valence-corrected chi connectivity index (χ3v) is 4.88. The van der Waals surface area contributed by atoms with E-state index in [0.29, 0.717) is 24.3 Å². The van der Waals surface area contributed by atoms with Gasteiger partial charge in [0.2, 0.25) is 5.91 Å². The summed E-state index contributed by atoms with van der Waals surface area (Å²) in [5.74, 6) is 1.27. The molecule has 124 valence electrons. The van der Waals surface area contributed by atoms with Crippen LogP contribution in [0.15, 0.2) is 24.3 Å². The van der Waals surface area contributed by atoms with Crippen LogP contribution in [0.2, 0.25) is 0 Å². The van der Waals surface area contributed by atoms with E-state index in [2.05, 4.69) is 18.7 Å². The molecule has 0 aromatic heterocycles. The number of ketones is 1. The Morgan fingerprint density at radius 1 is 1.04 bits per heavy atom. The Morgan fingerprint density at radius 3 is 2.17 bits per heavy atom. The summed E-state index contributed by atoms with van der Waals surface area (Å²) in [7, 11) is 0. The molecule has 0 spiro atoms. The zero-order valence-corrected chi connectivity index (χ0v) is 14.1. The van der Waals surface area contributed by atoms with Gasteiger partial charge in [0.05, 0.1) is 6.54 Å². The molecule has 0 atom stereocenters. The average molecular weight is 314 g/mol. The number of carbonyl (C=O) groups is 2. The fourth-order valence-electron chi connectivity index (χ4n) is 3.06. The lowest BCUT2D eigenvalue weighted by molar-refractivity contribution is -0.134. The summed E-state index contributed by atoms with van der Waals surface area (Å²) in [4.78, 5) is 28.6. The van der Waals surface area contributed by atoms with E-state index >= 15 is 0 Å². The molecule has 1 aliphatic heterocycles. The molecule has 23 heavy (non-hydrogen) atoms. The van der Waals surface area contributed by atoms with Crippen molar-refractivity contribution in [3.63, 3.8) is 0 Å². The molecular formula is C19H26N2O2. The maximum absolute atomic E-state index is 12.4. The van der Waals surface area contributed by atoms with Crippen LogP contribution in [-0.2, 0) is 4.79 Å². The minimum absolute atomic E-state index is 0.169. The van der Waals surface area contributed by atoms with Crippen molar-refractivity contribution < 1.29 is 9.59 Å². The zero-order chi connectivity index (χ0) is 16.4. The Balaban J connectivity index is 1.49. The van der Waals surface area contributed by atoms with Gasteiger partial charge in [-0.2, -0.15) is 0 Å². The van der Waals surface area contributed by atoms with Crippen LogP contribution in [0.3, 0.4) is 0 Å². The van der Waals surface area contributed by atoms with Crippen LogP contribution in [0.1, 0.15) is 48.5 Å². The molecule has 2 fully saturated rings. The minimum atomic E-state index is 0.169. The number of rotatable bonds is 5. The number of hydrogen-bond donors (Lipinski definition) is 0. The molecule has 1 saturated carbocycles. The molecule has 4 nitrogen and oxygen atoms in total. The first-order valence-electron chi connectivity index (χ1n) is 8.69. The summed E-state index contributed by atoms with van der Waals surface area (Å²) in [5, 5.41) is 0. The van der Waals surface area contributed by atoms with Gasteiger partial charge in [-0.15, -0.1) is 0 Å². The Kier molecular flexibility index (Phi) is 4.81. The maximum Gasteiger partial charge on any atom is 0.225 e. The van der Waals surface area contributed by atoms with Gasteiger partial charge in [-0.1, -0.05) is 38.1 Å². The van der Waals surface area contributed by atoms with E-state index < -0.39 is 0 Å². The van der Waals surface area contributed by atoms with E-state index in [1.165, 1.54) is 5.56 Å². The fourth-order valence-corrected chi connectivity index (χ4v) is 3.06. The first-order chi connectivity index (χ1) is 11.0. The summed E-state index contributed by atoms with van der Waals surface area (Å²) in [6, 6.07) is 7.96. The summed E-state index contributed by atoms with van der Waals surface area (Å²) < 4.78 is 0. The van der Waals surface area contributed by atoms with E-state index in [0.717, 1.165) is 44.6 Å². The molecule has 4 heteroatoms. The van der Waals surface area contributed by atoms with Crippen LogP contribution in [0.5, 0.6) is 0 Å². The van der Waals surface area contributed by atoms with Crippen molar-refractivity contribution in [1.82, 2.24) is 9.80 Å². The highest BCUT2D eigenvalue weighted by Gasteiger charge is 2.34. The Morgan fingerprint density at radius 2 is 1.65 bits per heavy atom. The molecule has 1 heterocycles. The van der Waals surface area contributed by atoms with E-state index in [1.54, 1.807) is 0 Å². The van der Waals surface area contributed by atoms with Crippen LogP contribution < -0.4 is 0 Å². The van der Waals surface area contributed by atoms with Crippen molar-refractivity contribution in [2.45, 2.75) is 32.6 Å². The van der Waals surface area contributed by atoms with Gasteiger partial charge >= 0.3 is 0 Å². The number of Topliss-reactive ketones (excluding diaryl/α,β-unsaturated/α-hetero) is 1. The van der Waals surface area contributed by atoms with Gasteiger partial charge in [0.15, 0.2) is 5.78 Å². The van der Waals surface area contributed by atoms with Crippen molar-refractivity contribution in [3.05, 3.63) is 35.4 Å². The molecule has 0 radical (unpaired) electrons. The van der Waals surface area contributed by atoms with Gasteiger partial charge in [0.25, 0.3) is 0 Å². The van der Waals surface area contributed by atoms with E-state index in [-0.39, 0.29) is 5.78 Å². The van der Waals surface area contributed by atoms with Crippen molar-refractivity contribution in [2.24, 2.45) is 5.92 Å². The molecule has 1 saturated heterocycles. The first kappa shape index (κ1) is 16.2. The summed E-state index contributed by atoms with van der Waals surface area (Å²) in [5.41, 5.74) is 2.04. The predicted octanol–water partition coefficient (Wildman–Crippen LogP) is 2.55. The lowest BCUT2D eigenvalue weighted by Gasteiger charge is -2.34. The SMILES string of the molecule is CC(C)c1ccc(C(=O)CN2CCN(C(=O)C3CC3)CC2)cc1. The smallest absolute Gasteiger partial charge is 0.225 e. The number of nitrogens with zero attached hydrogens (tertiary/aromatic N) is 2. The molecule has 0 bridgehead atoms. The summed E-state index contributed by atoms with van der Waals surface area (Å²) in [6.45, 7) is 7.87. The Hall–Kier alpha value is -1.68. The highest BCUT2D eigenvalue weighted by Crippen LogP contribution is 2.31. The molecule has 1 aromatic rings. The lowest BCUT2D eigenvalue weighted by Crippen LogP contribution is -2.50. The van der Waals surface area contributed by atoms with Gasteiger partial charge < -0.3 is 4.90 Å². The molecule has 1 amide bonds. The molecular weight excluding hydrogens is 288 g/mol. The largest absolute Gasteiger partial charge is 0.340 e. The van der Waals surface area contributed by atoms with Crippen LogP contribution in [-0.4, -0.2) is 54.2 Å². The third-order valence-electron chi connectivity index (χ3n) is 4.88. The van der Waals surface area contributed by atoms with Crippen LogP contribution in [0.4, 0.5) is 0 Å². The molecule has 0 N–H and O–H groups in total. The number of carbonyl (C=O) groups excluding carboxylic acids is 2. The van der Waals surface area contributed by atoms with E-state index in [9.17, 15) is 9.59 Å². The van der Waals surface area contributed by atoms with E-state index in [4.69, 9.17) is 0 Å². The number of piperazine rings is 1. The van der Waals surface area contributed by atoms with E-state index in [1.807, 2.05) is 29.2 Å². The maximum atomic E-state index is 12.4. The van der Waals surface area contributed by atoms with Gasteiger partial charge in [-0.3, -0.25) is 14.5 Å². The minimum Gasteiger partial charge on any atom is -0.340 e. The van der Waals surface area contributed by atoms with Crippen molar-refractivity contribution in [3.8, 4) is 0 Å². The zero-order valence-electron chi connectivity index (χ0n) is 14.1. The number of benzene rings is 1. The molecule has 3 rings (SSSR count). The molecule has 1 aliphatic carbocycles. The van der Waals surface area contributed by atoms with Crippen molar-refractivity contribution >= 4 is 11.7 Å². The summed E-state index contributed by atoms with van der Waals surface area (Å²) in [6.07, 6.45) is 2.12. The highest BCUT2D eigenvalue weighted by atomic mass is 16.2. The second kappa shape index (κ2) is 6.83. The van der Waals surface area contributed by atoms with Gasteiger partial charge in [0, 0.05) is 37.7 Å². The average Bonchev–Trinajstić information content (AvgIpc) is 3.40. The summed E-state index contributed by atoms with van der Waals surface area (Å²) >= 11 is 0. The molecule has 1 aromatic carbocycles. The van der Waals surface area contributed by atoms with Gasteiger partial charge in [-0.05, 0) is 24.3 Å². The highest BCUT2D eigenvalue weighted by molar-refractivity contribution is 5.97. The second-order valence-corrected chi connectivity index (χ2v) is 7.08. The van der Waals surface area contributed by atoms with Crippen molar-refractivity contribution in [2.75, 3.05) is 32.7 Å². The Labute approximate surface area is 138 Å².